The zero-order valence-corrected chi connectivity index (χ0v) is 11.6. The van der Waals surface area contributed by atoms with Gasteiger partial charge in [-0.1, -0.05) is 34.1 Å². The first-order valence-corrected chi connectivity index (χ1v) is 7.75. The van der Waals surface area contributed by atoms with Gasteiger partial charge in [-0.2, -0.15) is 4.31 Å². The lowest BCUT2D eigenvalue weighted by molar-refractivity contribution is 0.116. The summed E-state index contributed by atoms with van der Waals surface area (Å²) in [6, 6.07) is 8.31. The van der Waals surface area contributed by atoms with Gasteiger partial charge < -0.3 is 5.11 Å². The Morgan fingerprint density at radius 3 is 2.53 bits per heavy atom. The van der Waals surface area contributed by atoms with Crippen molar-refractivity contribution in [3.8, 4) is 0 Å². The molecule has 17 heavy (non-hydrogen) atoms. The first-order valence-electron chi connectivity index (χ1n) is 5.39. The number of halogens is 1. The molecule has 0 amide bonds. The van der Waals surface area contributed by atoms with Crippen molar-refractivity contribution in [2.24, 2.45) is 0 Å². The SMILES string of the molecule is O=S(=O)(c1ccccc1)N1CCC(Br)C(O)C1. The molecule has 94 valence electrons. The highest BCUT2D eigenvalue weighted by Crippen LogP contribution is 2.23. The van der Waals surface area contributed by atoms with Crippen LogP contribution in [0.1, 0.15) is 6.42 Å². The van der Waals surface area contributed by atoms with Crippen molar-refractivity contribution in [1.82, 2.24) is 4.31 Å². The minimum atomic E-state index is -3.47. The number of aliphatic hydroxyl groups is 1. The Balaban J connectivity index is 2.23. The number of benzene rings is 1. The average Bonchev–Trinajstić information content (AvgIpc) is 2.33. The summed E-state index contributed by atoms with van der Waals surface area (Å²) < 4.78 is 25.8. The molecule has 0 aliphatic carbocycles. The lowest BCUT2D eigenvalue weighted by Gasteiger charge is -2.32. The van der Waals surface area contributed by atoms with Crippen LogP contribution in [-0.2, 0) is 10.0 Å². The van der Waals surface area contributed by atoms with Gasteiger partial charge >= 0.3 is 0 Å². The molecule has 6 heteroatoms. The van der Waals surface area contributed by atoms with Crippen LogP contribution in [0.25, 0.3) is 0 Å². The minimum Gasteiger partial charge on any atom is -0.391 e. The van der Waals surface area contributed by atoms with E-state index in [1.54, 1.807) is 30.3 Å². The van der Waals surface area contributed by atoms with Gasteiger partial charge in [0.05, 0.1) is 11.0 Å². The molecule has 1 aromatic carbocycles. The molecule has 2 atom stereocenters. The van der Waals surface area contributed by atoms with E-state index in [-0.39, 0.29) is 16.3 Å². The molecule has 1 aliphatic rings. The fourth-order valence-corrected chi connectivity index (χ4v) is 3.70. The largest absolute Gasteiger partial charge is 0.391 e. The molecule has 2 unspecified atom stereocenters. The zero-order valence-electron chi connectivity index (χ0n) is 9.16. The van der Waals surface area contributed by atoms with Crippen LogP contribution in [0.2, 0.25) is 0 Å². The molecular weight excluding hydrogens is 306 g/mol. The molecule has 1 saturated heterocycles. The van der Waals surface area contributed by atoms with Gasteiger partial charge in [-0.3, -0.25) is 0 Å². The second-order valence-electron chi connectivity index (χ2n) is 4.05. The van der Waals surface area contributed by atoms with E-state index in [1.165, 1.54) is 4.31 Å². The first kappa shape index (κ1) is 13.0. The number of sulfonamides is 1. The summed E-state index contributed by atoms with van der Waals surface area (Å²) in [5.74, 6) is 0. The molecule has 0 radical (unpaired) electrons. The second kappa shape index (κ2) is 5.06. The predicted molar refractivity (Wildman–Crippen MR) is 68.5 cm³/mol. The van der Waals surface area contributed by atoms with Gasteiger partial charge in [-0.15, -0.1) is 0 Å². The summed E-state index contributed by atoms with van der Waals surface area (Å²) in [6.45, 7) is 0.581. The molecule has 1 N–H and O–H groups in total. The fraction of sp³-hybridized carbons (Fsp3) is 0.455. The monoisotopic (exact) mass is 319 g/mol. The Kier molecular flexibility index (Phi) is 3.87. The fourth-order valence-electron chi connectivity index (χ4n) is 1.83. The van der Waals surface area contributed by atoms with Crippen molar-refractivity contribution in [3.63, 3.8) is 0 Å². The minimum absolute atomic E-state index is 0.0234. The number of hydrogen-bond donors (Lipinski definition) is 1. The number of hydrogen-bond acceptors (Lipinski definition) is 3. The number of alkyl halides is 1. The maximum atomic E-state index is 12.2. The third-order valence-electron chi connectivity index (χ3n) is 2.84. The van der Waals surface area contributed by atoms with E-state index in [1.807, 2.05) is 0 Å². The molecule has 0 aromatic heterocycles. The molecule has 2 rings (SSSR count). The van der Waals surface area contributed by atoms with Crippen LogP contribution in [0, 0.1) is 0 Å². The van der Waals surface area contributed by atoms with Crippen LogP contribution in [0.15, 0.2) is 35.2 Å². The summed E-state index contributed by atoms with van der Waals surface area (Å²) in [4.78, 5) is 0.255. The molecule has 1 aromatic rings. The standard InChI is InChI=1S/C11H14BrNO3S/c12-10-6-7-13(8-11(10)14)17(15,16)9-4-2-1-3-5-9/h1-5,10-11,14H,6-8H2. The lowest BCUT2D eigenvalue weighted by Crippen LogP contribution is -2.46. The van der Waals surface area contributed by atoms with Crippen LogP contribution in [0.3, 0.4) is 0 Å². The Morgan fingerprint density at radius 2 is 1.94 bits per heavy atom. The van der Waals surface area contributed by atoms with Crippen molar-refractivity contribution in [2.45, 2.75) is 22.2 Å². The van der Waals surface area contributed by atoms with E-state index >= 15 is 0 Å². The molecular formula is C11H14BrNO3S. The van der Waals surface area contributed by atoms with E-state index in [2.05, 4.69) is 15.9 Å². The molecule has 1 fully saturated rings. The van der Waals surface area contributed by atoms with Crippen LogP contribution >= 0.6 is 15.9 Å². The smallest absolute Gasteiger partial charge is 0.243 e. The lowest BCUT2D eigenvalue weighted by atomic mass is 10.1. The van der Waals surface area contributed by atoms with Gasteiger partial charge in [-0.05, 0) is 18.6 Å². The average molecular weight is 320 g/mol. The van der Waals surface area contributed by atoms with Gasteiger partial charge in [0.15, 0.2) is 0 Å². The molecule has 1 aliphatic heterocycles. The number of nitrogens with zero attached hydrogens (tertiary/aromatic N) is 1. The maximum Gasteiger partial charge on any atom is 0.243 e. The number of β-amino-alcohol motifs (C(OH)–C–C–N with tert-alkyl or cyclic N) is 1. The molecule has 0 bridgehead atoms. The maximum absolute atomic E-state index is 12.2. The zero-order chi connectivity index (χ0) is 12.5. The number of aliphatic hydroxyl groups excluding tert-OH is 1. The van der Waals surface area contributed by atoms with Crippen LogP contribution in [0.5, 0.6) is 0 Å². The highest BCUT2D eigenvalue weighted by Gasteiger charge is 2.33. The van der Waals surface area contributed by atoms with Gasteiger partial charge in [0.1, 0.15) is 0 Å². The van der Waals surface area contributed by atoms with Crippen molar-refractivity contribution in [3.05, 3.63) is 30.3 Å². The highest BCUT2D eigenvalue weighted by molar-refractivity contribution is 9.09. The van der Waals surface area contributed by atoms with E-state index in [9.17, 15) is 13.5 Å². The molecule has 0 saturated carbocycles. The Hall–Kier alpha value is -0.430. The Morgan fingerprint density at radius 1 is 1.29 bits per heavy atom. The summed E-state index contributed by atoms with van der Waals surface area (Å²) in [6.07, 6.45) is -0.0324. The van der Waals surface area contributed by atoms with E-state index in [4.69, 9.17) is 0 Å². The topological polar surface area (TPSA) is 57.6 Å². The van der Waals surface area contributed by atoms with Crippen molar-refractivity contribution in [1.29, 1.82) is 0 Å². The summed E-state index contributed by atoms with van der Waals surface area (Å²) in [7, 11) is -3.47. The second-order valence-corrected chi connectivity index (χ2v) is 7.16. The quantitative estimate of drug-likeness (QED) is 0.833. The van der Waals surface area contributed by atoms with Crippen molar-refractivity contribution >= 4 is 26.0 Å². The summed E-state index contributed by atoms with van der Waals surface area (Å²) in [5, 5.41) is 9.71. The normalized spacial score (nSPS) is 26.9. The Bertz CT molecular complexity index is 477. The van der Waals surface area contributed by atoms with Gasteiger partial charge in [-0.25, -0.2) is 8.42 Å². The summed E-state index contributed by atoms with van der Waals surface area (Å²) >= 11 is 3.33. The van der Waals surface area contributed by atoms with Crippen molar-refractivity contribution < 1.29 is 13.5 Å². The highest BCUT2D eigenvalue weighted by atomic mass is 79.9. The van der Waals surface area contributed by atoms with Gasteiger partial charge in [0.25, 0.3) is 0 Å². The van der Waals surface area contributed by atoms with Gasteiger partial charge in [0, 0.05) is 17.9 Å². The van der Waals surface area contributed by atoms with E-state index < -0.39 is 16.1 Å². The molecule has 1 heterocycles. The molecule has 0 spiro atoms. The van der Waals surface area contributed by atoms with Crippen LogP contribution in [-0.4, -0.2) is 41.9 Å². The van der Waals surface area contributed by atoms with Crippen LogP contribution < -0.4 is 0 Å². The Labute approximate surface area is 109 Å². The van der Waals surface area contributed by atoms with Crippen molar-refractivity contribution in [2.75, 3.05) is 13.1 Å². The predicted octanol–water partition coefficient (Wildman–Crippen LogP) is 1.21. The first-order chi connectivity index (χ1) is 8.01. The molecule has 4 nitrogen and oxygen atoms in total. The summed E-state index contributed by atoms with van der Waals surface area (Å²) in [5.41, 5.74) is 0. The number of rotatable bonds is 2. The van der Waals surface area contributed by atoms with Crippen LogP contribution in [0.4, 0.5) is 0 Å². The van der Waals surface area contributed by atoms with E-state index in [0.717, 1.165) is 0 Å². The number of piperidine rings is 1. The van der Waals surface area contributed by atoms with Gasteiger partial charge in [0.2, 0.25) is 10.0 Å². The third-order valence-corrected chi connectivity index (χ3v) is 5.79. The third kappa shape index (κ3) is 2.70. The van der Waals surface area contributed by atoms with E-state index in [0.29, 0.717) is 13.0 Å².